The summed E-state index contributed by atoms with van der Waals surface area (Å²) in [5.41, 5.74) is 0.954. The van der Waals surface area contributed by atoms with Gasteiger partial charge in [-0.15, -0.1) is 11.6 Å². The van der Waals surface area contributed by atoms with Gasteiger partial charge >= 0.3 is 5.97 Å². The number of carbonyl (C=O) groups is 1. The molecule has 0 aliphatic rings. The van der Waals surface area contributed by atoms with Crippen molar-refractivity contribution in [3.8, 4) is 5.75 Å². The summed E-state index contributed by atoms with van der Waals surface area (Å²) in [6.45, 7) is 4.41. The minimum Gasteiger partial charge on any atom is -0.491 e. The highest BCUT2D eigenvalue weighted by Gasteiger charge is 2.13. The summed E-state index contributed by atoms with van der Waals surface area (Å²) in [6.07, 6.45) is 0.138. The van der Waals surface area contributed by atoms with Gasteiger partial charge in [0.15, 0.2) is 0 Å². The van der Waals surface area contributed by atoms with Crippen LogP contribution in [0.5, 0.6) is 5.75 Å². The molecule has 0 aromatic heterocycles. The molecule has 1 N–H and O–H groups in total. The second-order valence-electron chi connectivity index (χ2n) is 4.79. The number of rotatable bonds is 7. The first-order chi connectivity index (χ1) is 8.88. The van der Waals surface area contributed by atoms with Crippen molar-refractivity contribution in [3.63, 3.8) is 0 Å². The zero-order valence-corrected chi connectivity index (χ0v) is 12.2. The number of hydrogen-bond donors (Lipinski definition) is 1. The molecule has 1 aromatic rings. The molecule has 0 radical (unpaired) electrons. The molecule has 5 heteroatoms. The Kier molecular flexibility index (Phi) is 6.12. The van der Waals surface area contributed by atoms with Gasteiger partial charge in [0.05, 0.1) is 18.0 Å². The molecule has 0 fully saturated rings. The van der Waals surface area contributed by atoms with Gasteiger partial charge in [-0.25, -0.2) is 0 Å². The largest absolute Gasteiger partial charge is 0.491 e. The number of hydrogen-bond acceptors (Lipinski definition) is 3. The van der Waals surface area contributed by atoms with Gasteiger partial charge in [0.1, 0.15) is 5.75 Å². The molecule has 0 heterocycles. The summed E-state index contributed by atoms with van der Waals surface area (Å²) in [7, 11) is 1.74. The summed E-state index contributed by atoms with van der Waals surface area (Å²) >= 11 is 6.27. The van der Waals surface area contributed by atoms with Crippen molar-refractivity contribution in [1.82, 2.24) is 4.90 Å². The average molecular weight is 286 g/mol. The van der Waals surface area contributed by atoms with Crippen LogP contribution >= 0.6 is 11.6 Å². The fourth-order valence-corrected chi connectivity index (χ4v) is 2.08. The number of ether oxygens (including phenoxy) is 1. The Balaban J connectivity index is 2.57. The molecule has 4 nitrogen and oxygen atoms in total. The molecule has 0 amide bonds. The van der Waals surface area contributed by atoms with E-state index in [0.29, 0.717) is 6.54 Å². The van der Waals surface area contributed by atoms with Crippen LogP contribution in [0, 0.1) is 0 Å². The lowest BCUT2D eigenvalue weighted by molar-refractivity contribution is -0.137. The number of carboxylic acids is 1. The van der Waals surface area contributed by atoms with Crippen molar-refractivity contribution in [2.45, 2.75) is 25.3 Å². The fourth-order valence-electron chi connectivity index (χ4n) is 1.70. The van der Waals surface area contributed by atoms with Crippen LogP contribution in [-0.4, -0.2) is 42.2 Å². The van der Waals surface area contributed by atoms with E-state index in [-0.39, 0.29) is 18.0 Å². The van der Waals surface area contributed by atoms with Crippen LogP contribution in [0.4, 0.5) is 0 Å². The van der Waals surface area contributed by atoms with Gasteiger partial charge in [0.25, 0.3) is 0 Å². The van der Waals surface area contributed by atoms with Crippen molar-refractivity contribution >= 4 is 17.6 Å². The third-order valence-corrected chi connectivity index (χ3v) is 2.88. The zero-order chi connectivity index (χ0) is 14.4. The first-order valence-electron chi connectivity index (χ1n) is 6.19. The van der Waals surface area contributed by atoms with E-state index < -0.39 is 5.97 Å². The Labute approximate surface area is 118 Å². The van der Waals surface area contributed by atoms with E-state index in [1.807, 2.05) is 38.1 Å². The highest BCUT2D eigenvalue weighted by Crippen LogP contribution is 2.24. The topological polar surface area (TPSA) is 49.8 Å². The standard InChI is InChI=1S/C14H20ClNO3/c1-10(2)19-12-6-4-11(5-7-12)13(15)8-16(3)9-14(17)18/h4-7,10,13H,8-9H2,1-3H3,(H,17,18). The molecule has 0 aliphatic heterocycles. The number of carboxylic acid groups (broad SMARTS) is 1. The van der Waals surface area contributed by atoms with Gasteiger partial charge in [-0.2, -0.15) is 0 Å². The van der Waals surface area contributed by atoms with Crippen LogP contribution < -0.4 is 4.74 Å². The van der Waals surface area contributed by atoms with E-state index >= 15 is 0 Å². The maximum Gasteiger partial charge on any atom is 0.317 e. The number of aliphatic carboxylic acids is 1. The summed E-state index contributed by atoms with van der Waals surface area (Å²) in [6, 6.07) is 7.57. The zero-order valence-electron chi connectivity index (χ0n) is 11.5. The van der Waals surface area contributed by atoms with Gasteiger partial charge in [0.2, 0.25) is 0 Å². The molecule has 106 valence electrons. The van der Waals surface area contributed by atoms with Crippen LogP contribution in [0.2, 0.25) is 0 Å². The Morgan fingerprint density at radius 3 is 2.42 bits per heavy atom. The second-order valence-corrected chi connectivity index (χ2v) is 5.32. The van der Waals surface area contributed by atoms with E-state index in [0.717, 1.165) is 11.3 Å². The molecule has 1 unspecified atom stereocenters. The Hall–Kier alpha value is -1.26. The molecule has 0 aliphatic carbocycles. The predicted molar refractivity (Wildman–Crippen MR) is 75.9 cm³/mol. The summed E-state index contributed by atoms with van der Waals surface area (Å²) in [5.74, 6) is -0.0476. The Morgan fingerprint density at radius 1 is 1.37 bits per heavy atom. The van der Waals surface area contributed by atoms with Crippen LogP contribution in [0.25, 0.3) is 0 Å². The highest BCUT2D eigenvalue weighted by molar-refractivity contribution is 6.21. The summed E-state index contributed by atoms with van der Waals surface area (Å²) in [4.78, 5) is 12.3. The predicted octanol–water partition coefficient (Wildman–Crippen LogP) is 2.77. The lowest BCUT2D eigenvalue weighted by atomic mass is 10.1. The normalized spacial score (nSPS) is 12.7. The average Bonchev–Trinajstić information content (AvgIpc) is 2.27. The second kappa shape index (κ2) is 7.36. The number of likely N-dealkylation sites (N-methyl/N-ethyl adjacent to an activating group) is 1. The third-order valence-electron chi connectivity index (χ3n) is 2.49. The molecular formula is C14H20ClNO3. The molecular weight excluding hydrogens is 266 g/mol. The van der Waals surface area contributed by atoms with Gasteiger partial charge in [-0.1, -0.05) is 12.1 Å². The van der Waals surface area contributed by atoms with Crippen LogP contribution in [-0.2, 0) is 4.79 Å². The first kappa shape index (κ1) is 15.8. The molecule has 19 heavy (non-hydrogen) atoms. The molecule has 1 aromatic carbocycles. The van der Waals surface area contributed by atoms with E-state index in [9.17, 15) is 4.79 Å². The number of benzene rings is 1. The molecule has 0 saturated heterocycles. The third kappa shape index (κ3) is 5.94. The lowest BCUT2D eigenvalue weighted by Gasteiger charge is -2.18. The SMILES string of the molecule is CC(C)Oc1ccc(C(Cl)CN(C)CC(=O)O)cc1. The number of halogens is 1. The Morgan fingerprint density at radius 2 is 1.95 bits per heavy atom. The summed E-state index contributed by atoms with van der Waals surface area (Å²) < 4.78 is 5.55. The van der Waals surface area contributed by atoms with E-state index in [4.69, 9.17) is 21.4 Å². The number of nitrogens with zero attached hydrogens (tertiary/aromatic N) is 1. The first-order valence-corrected chi connectivity index (χ1v) is 6.63. The van der Waals surface area contributed by atoms with Crippen molar-refractivity contribution in [3.05, 3.63) is 29.8 Å². The van der Waals surface area contributed by atoms with Crippen molar-refractivity contribution in [1.29, 1.82) is 0 Å². The fraction of sp³-hybridized carbons (Fsp3) is 0.500. The molecule has 1 atom stereocenters. The summed E-state index contributed by atoms with van der Waals surface area (Å²) in [5, 5.41) is 8.45. The van der Waals surface area contributed by atoms with E-state index in [2.05, 4.69) is 0 Å². The van der Waals surface area contributed by atoms with Crippen LogP contribution in [0.15, 0.2) is 24.3 Å². The van der Waals surface area contributed by atoms with Gasteiger partial charge in [0, 0.05) is 6.54 Å². The molecule has 0 saturated carbocycles. The van der Waals surface area contributed by atoms with Gasteiger partial charge < -0.3 is 9.84 Å². The van der Waals surface area contributed by atoms with Crippen LogP contribution in [0.1, 0.15) is 24.8 Å². The van der Waals surface area contributed by atoms with E-state index in [1.54, 1.807) is 11.9 Å². The molecule has 0 spiro atoms. The molecule has 0 bridgehead atoms. The molecule has 1 rings (SSSR count). The van der Waals surface area contributed by atoms with Crippen LogP contribution in [0.3, 0.4) is 0 Å². The maximum atomic E-state index is 10.6. The maximum absolute atomic E-state index is 10.6. The quantitative estimate of drug-likeness (QED) is 0.783. The van der Waals surface area contributed by atoms with Crippen molar-refractivity contribution < 1.29 is 14.6 Å². The highest BCUT2D eigenvalue weighted by atomic mass is 35.5. The van der Waals surface area contributed by atoms with Gasteiger partial charge in [-0.05, 0) is 38.6 Å². The number of alkyl halides is 1. The monoisotopic (exact) mass is 285 g/mol. The lowest BCUT2D eigenvalue weighted by Crippen LogP contribution is -2.28. The Bertz CT molecular complexity index is 406. The minimum absolute atomic E-state index is 0.0161. The van der Waals surface area contributed by atoms with Gasteiger partial charge in [-0.3, -0.25) is 9.69 Å². The minimum atomic E-state index is -0.855. The smallest absolute Gasteiger partial charge is 0.317 e. The van der Waals surface area contributed by atoms with Crippen molar-refractivity contribution in [2.24, 2.45) is 0 Å². The van der Waals surface area contributed by atoms with Crippen molar-refractivity contribution in [2.75, 3.05) is 20.1 Å². The van der Waals surface area contributed by atoms with E-state index in [1.165, 1.54) is 0 Å².